The first-order valence-corrected chi connectivity index (χ1v) is 5.79. The minimum atomic E-state index is -0.966. The van der Waals surface area contributed by atoms with Crippen LogP contribution in [-0.2, 0) is 0 Å². The van der Waals surface area contributed by atoms with Gasteiger partial charge in [-0.3, -0.25) is 0 Å². The summed E-state index contributed by atoms with van der Waals surface area (Å²) in [7, 11) is 0. The highest BCUT2D eigenvalue weighted by Crippen LogP contribution is 2.19. The molecule has 2 nitrogen and oxygen atoms in total. The smallest absolute Gasteiger partial charge is 0.129 e. The van der Waals surface area contributed by atoms with Crippen LogP contribution in [0.15, 0.2) is 48.5 Å². The second-order valence-electron chi connectivity index (χ2n) is 4.16. The Bertz CT molecular complexity index is 525. The van der Waals surface area contributed by atoms with Crippen molar-refractivity contribution >= 4 is 0 Å². The molecule has 0 bridgehead atoms. The zero-order valence-electron chi connectivity index (χ0n) is 10.1. The van der Waals surface area contributed by atoms with Gasteiger partial charge in [-0.2, -0.15) is 0 Å². The van der Waals surface area contributed by atoms with Crippen LogP contribution in [0.25, 0.3) is 0 Å². The summed E-state index contributed by atoms with van der Waals surface area (Å²) >= 11 is 0. The molecule has 0 aliphatic carbocycles. The van der Waals surface area contributed by atoms with Gasteiger partial charge in [0.05, 0.1) is 0 Å². The summed E-state index contributed by atoms with van der Waals surface area (Å²) in [6.45, 7) is 1.99. The van der Waals surface area contributed by atoms with Crippen molar-refractivity contribution in [2.75, 3.05) is 6.61 Å². The molecule has 94 valence electrons. The minimum Gasteiger partial charge on any atom is -0.491 e. The first-order valence-electron chi connectivity index (χ1n) is 5.79. The van der Waals surface area contributed by atoms with Crippen LogP contribution in [0.5, 0.6) is 5.75 Å². The Balaban J connectivity index is 2.00. The maximum Gasteiger partial charge on any atom is 0.129 e. The Kier molecular flexibility index (Phi) is 3.95. The van der Waals surface area contributed by atoms with E-state index in [0.717, 1.165) is 5.56 Å². The SMILES string of the molecule is Cc1cccc(OCC(O)c2ccccc2F)c1. The Morgan fingerprint density at radius 2 is 1.94 bits per heavy atom. The molecule has 1 N–H and O–H groups in total. The van der Waals surface area contributed by atoms with E-state index in [-0.39, 0.29) is 12.2 Å². The van der Waals surface area contributed by atoms with E-state index >= 15 is 0 Å². The number of halogens is 1. The first kappa shape index (κ1) is 12.6. The van der Waals surface area contributed by atoms with E-state index in [9.17, 15) is 9.50 Å². The van der Waals surface area contributed by atoms with Crippen LogP contribution in [0, 0.1) is 12.7 Å². The third-order valence-electron chi connectivity index (χ3n) is 2.66. The standard InChI is InChI=1S/C15H15FO2/c1-11-5-4-6-12(9-11)18-10-15(17)13-7-2-3-8-14(13)16/h2-9,15,17H,10H2,1H3. The van der Waals surface area contributed by atoms with Gasteiger partial charge in [-0.15, -0.1) is 0 Å². The number of aryl methyl sites for hydroxylation is 1. The van der Waals surface area contributed by atoms with E-state index in [2.05, 4.69) is 0 Å². The Labute approximate surface area is 106 Å². The van der Waals surface area contributed by atoms with E-state index < -0.39 is 11.9 Å². The van der Waals surface area contributed by atoms with Gasteiger partial charge in [0, 0.05) is 5.56 Å². The van der Waals surface area contributed by atoms with Crippen molar-refractivity contribution in [3.8, 4) is 5.75 Å². The van der Waals surface area contributed by atoms with Gasteiger partial charge in [0.2, 0.25) is 0 Å². The predicted molar refractivity (Wildman–Crippen MR) is 68.0 cm³/mol. The van der Waals surface area contributed by atoms with Gasteiger partial charge >= 0.3 is 0 Å². The van der Waals surface area contributed by atoms with Gasteiger partial charge in [-0.1, -0.05) is 30.3 Å². The third-order valence-corrected chi connectivity index (χ3v) is 2.66. The lowest BCUT2D eigenvalue weighted by molar-refractivity contribution is 0.105. The first-order chi connectivity index (χ1) is 8.66. The van der Waals surface area contributed by atoms with E-state index in [1.54, 1.807) is 24.3 Å². The van der Waals surface area contributed by atoms with Crippen molar-refractivity contribution in [2.45, 2.75) is 13.0 Å². The number of ether oxygens (including phenoxy) is 1. The number of rotatable bonds is 4. The van der Waals surface area contributed by atoms with Crippen molar-refractivity contribution in [1.82, 2.24) is 0 Å². The van der Waals surface area contributed by atoms with Gasteiger partial charge in [0.1, 0.15) is 24.3 Å². The Morgan fingerprint density at radius 1 is 1.17 bits per heavy atom. The quantitative estimate of drug-likeness (QED) is 0.897. The van der Waals surface area contributed by atoms with Crippen molar-refractivity contribution in [1.29, 1.82) is 0 Å². The summed E-state index contributed by atoms with van der Waals surface area (Å²) in [5.41, 5.74) is 1.33. The largest absolute Gasteiger partial charge is 0.491 e. The molecule has 0 saturated heterocycles. The van der Waals surface area contributed by atoms with Crippen LogP contribution >= 0.6 is 0 Å². The lowest BCUT2D eigenvalue weighted by atomic mass is 10.1. The molecule has 0 aliphatic heterocycles. The molecule has 1 atom stereocenters. The summed E-state index contributed by atoms with van der Waals surface area (Å²) in [6, 6.07) is 13.7. The average molecular weight is 246 g/mol. The van der Waals surface area contributed by atoms with Gasteiger partial charge in [0.25, 0.3) is 0 Å². The summed E-state index contributed by atoms with van der Waals surface area (Å²) in [4.78, 5) is 0. The molecule has 0 amide bonds. The topological polar surface area (TPSA) is 29.5 Å². The highest BCUT2D eigenvalue weighted by molar-refractivity contribution is 5.27. The molecule has 0 heterocycles. The fourth-order valence-corrected chi connectivity index (χ4v) is 1.72. The number of benzene rings is 2. The molecular formula is C15H15FO2. The molecule has 2 aromatic carbocycles. The minimum absolute atomic E-state index is 0.0321. The summed E-state index contributed by atoms with van der Waals surface area (Å²) in [5.74, 6) is 0.253. The zero-order chi connectivity index (χ0) is 13.0. The molecule has 0 aliphatic rings. The summed E-state index contributed by atoms with van der Waals surface area (Å²) in [6.07, 6.45) is -0.966. The Hall–Kier alpha value is -1.87. The average Bonchev–Trinajstić information content (AvgIpc) is 2.37. The van der Waals surface area contributed by atoms with Crippen LogP contribution in [0.4, 0.5) is 4.39 Å². The molecule has 1 unspecified atom stereocenters. The molecular weight excluding hydrogens is 231 g/mol. The van der Waals surface area contributed by atoms with Crippen LogP contribution in [0.1, 0.15) is 17.2 Å². The lowest BCUT2D eigenvalue weighted by Gasteiger charge is -2.13. The summed E-state index contributed by atoms with van der Waals surface area (Å²) in [5, 5.41) is 9.87. The molecule has 3 heteroatoms. The number of hydrogen-bond donors (Lipinski definition) is 1. The van der Waals surface area contributed by atoms with E-state index in [4.69, 9.17) is 4.74 Å². The highest BCUT2D eigenvalue weighted by Gasteiger charge is 2.12. The molecule has 0 spiro atoms. The Morgan fingerprint density at radius 3 is 2.67 bits per heavy atom. The number of hydrogen-bond acceptors (Lipinski definition) is 2. The van der Waals surface area contributed by atoms with Crippen molar-refractivity contribution in [2.24, 2.45) is 0 Å². The normalized spacial score (nSPS) is 12.2. The second kappa shape index (κ2) is 5.65. The van der Waals surface area contributed by atoms with E-state index in [0.29, 0.717) is 5.75 Å². The molecule has 0 fully saturated rings. The monoisotopic (exact) mass is 246 g/mol. The molecule has 0 aromatic heterocycles. The van der Waals surface area contributed by atoms with Gasteiger partial charge < -0.3 is 9.84 Å². The van der Waals surface area contributed by atoms with Gasteiger partial charge in [0.15, 0.2) is 0 Å². The van der Waals surface area contributed by atoms with E-state index in [1.165, 1.54) is 6.07 Å². The van der Waals surface area contributed by atoms with Crippen LogP contribution in [0.2, 0.25) is 0 Å². The predicted octanol–water partition coefficient (Wildman–Crippen LogP) is 3.25. The van der Waals surface area contributed by atoms with Crippen molar-refractivity contribution in [3.05, 3.63) is 65.5 Å². The van der Waals surface area contributed by atoms with Gasteiger partial charge in [-0.05, 0) is 30.7 Å². The molecule has 18 heavy (non-hydrogen) atoms. The van der Waals surface area contributed by atoms with Crippen LogP contribution in [0.3, 0.4) is 0 Å². The number of aliphatic hydroxyl groups is 1. The maximum absolute atomic E-state index is 13.4. The van der Waals surface area contributed by atoms with Crippen LogP contribution in [-0.4, -0.2) is 11.7 Å². The lowest BCUT2D eigenvalue weighted by Crippen LogP contribution is -2.11. The fourth-order valence-electron chi connectivity index (χ4n) is 1.72. The van der Waals surface area contributed by atoms with Crippen molar-refractivity contribution < 1.29 is 14.2 Å². The highest BCUT2D eigenvalue weighted by atomic mass is 19.1. The van der Waals surface area contributed by atoms with Crippen molar-refractivity contribution in [3.63, 3.8) is 0 Å². The molecule has 2 aromatic rings. The zero-order valence-corrected chi connectivity index (χ0v) is 10.1. The van der Waals surface area contributed by atoms with Gasteiger partial charge in [-0.25, -0.2) is 4.39 Å². The molecule has 2 rings (SSSR count). The maximum atomic E-state index is 13.4. The van der Waals surface area contributed by atoms with Crippen LogP contribution < -0.4 is 4.74 Å². The third kappa shape index (κ3) is 3.08. The van der Waals surface area contributed by atoms with E-state index in [1.807, 2.05) is 25.1 Å². The summed E-state index contributed by atoms with van der Waals surface area (Å²) < 4.78 is 18.9. The molecule has 0 radical (unpaired) electrons. The second-order valence-corrected chi connectivity index (χ2v) is 4.16. The number of aliphatic hydroxyl groups excluding tert-OH is 1. The molecule has 0 saturated carbocycles. The fraction of sp³-hybridized carbons (Fsp3) is 0.200.